The van der Waals surface area contributed by atoms with Crippen molar-refractivity contribution in [3.63, 3.8) is 0 Å². The summed E-state index contributed by atoms with van der Waals surface area (Å²) in [5.74, 6) is 1.16. The van der Waals surface area contributed by atoms with Crippen molar-refractivity contribution in [2.75, 3.05) is 71.7 Å². The van der Waals surface area contributed by atoms with Crippen LogP contribution in [0.4, 0.5) is 10.3 Å². The van der Waals surface area contributed by atoms with Crippen molar-refractivity contribution >= 4 is 47.1 Å². The number of aromatic hydroxyl groups is 1. The second kappa shape index (κ2) is 14.5. The Morgan fingerprint density at radius 3 is 2.49 bits per heavy atom. The first-order valence-corrected chi connectivity index (χ1v) is 18.8. The first-order valence-electron chi connectivity index (χ1n) is 16.3. The predicted molar refractivity (Wildman–Crippen MR) is 197 cm³/mol. The molecule has 0 spiro atoms. The maximum Gasteiger partial charge on any atom is 0.226 e. The molecule has 0 atom stereocenters. The van der Waals surface area contributed by atoms with Crippen molar-refractivity contribution in [2.24, 2.45) is 0 Å². The maximum absolute atomic E-state index is 16.8. The van der Waals surface area contributed by atoms with Gasteiger partial charge in [0, 0.05) is 73.7 Å². The Balaban J connectivity index is 1.39. The molecule has 3 aromatic carbocycles. The van der Waals surface area contributed by atoms with Crippen molar-refractivity contribution in [3.05, 3.63) is 82.7 Å². The monoisotopic (exact) mass is 705 g/mol. The Labute approximate surface area is 292 Å². The number of hydrogen-bond acceptors (Lipinski definition) is 9. The Bertz CT molecular complexity index is 1970. The fourth-order valence-electron chi connectivity index (χ4n) is 6.41. The molecular formula is C37H42ClFN5O4P. The number of phenols is 1. The van der Waals surface area contributed by atoms with E-state index in [1.54, 1.807) is 32.4 Å². The van der Waals surface area contributed by atoms with Gasteiger partial charge in [-0.3, -0.25) is 4.90 Å². The van der Waals surface area contributed by atoms with Gasteiger partial charge in [0.15, 0.2) is 5.82 Å². The number of rotatable bonds is 10. The molecule has 49 heavy (non-hydrogen) atoms. The zero-order valence-corrected chi connectivity index (χ0v) is 30.1. The number of halogens is 2. The van der Waals surface area contributed by atoms with Gasteiger partial charge in [0.1, 0.15) is 35.3 Å². The highest BCUT2D eigenvalue weighted by molar-refractivity contribution is 7.72. The van der Waals surface area contributed by atoms with E-state index in [4.69, 9.17) is 31.0 Å². The first-order chi connectivity index (χ1) is 23.5. The van der Waals surface area contributed by atoms with E-state index < -0.39 is 13.0 Å². The number of ether oxygens (including phenoxy) is 2. The third-order valence-electron chi connectivity index (χ3n) is 9.38. The minimum Gasteiger partial charge on any atom is -0.508 e. The van der Waals surface area contributed by atoms with E-state index in [1.807, 2.05) is 68.4 Å². The third kappa shape index (κ3) is 7.19. The van der Waals surface area contributed by atoms with Crippen molar-refractivity contribution in [1.82, 2.24) is 19.8 Å². The second-order valence-corrected chi connectivity index (χ2v) is 16.3. The molecule has 3 heterocycles. The molecule has 4 aromatic rings. The molecule has 6 rings (SSSR count). The molecule has 2 aliphatic rings. The molecule has 0 saturated carbocycles. The van der Waals surface area contributed by atoms with E-state index in [9.17, 15) is 9.67 Å². The molecule has 0 radical (unpaired) electrons. The Kier molecular flexibility index (Phi) is 10.3. The number of benzene rings is 3. The highest BCUT2D eigenvalue weighted by Gasteiger charge is 2.37. The summed E-state index contributed by atoms with van der Waals surface area (Å²) in [6, 6.07) is 12.6. The highest BCUT2D eigenvalue weighted by Crippen LogP contribution is 2.49. The van der Waals surface area contributed by atoms with E-state index in [1.165, 1.54) is 6.07 Å². The molecule has 1 N–H and O–H groups in total. The summed E-state index contributed by atoms with van der Waals surface area (Å²) in [4.78, 5) is 16.0. The average molecular weight is 706 g/mol. The fourth-order valence-corrected chi connectivity index (χ4v) is 9.45. The summed E-state index contributed by atoms with van der Waals surface area (Å²) in [5, 5.41) is 11.0. The maximum atomic E-state index is 16.8. The van der Waals surface area contributed by atoms with Gasteiger partial charge in [-0.05, 0) is 62.5 Å². The summed E-state index contributed by atoms with van der Waals surface area (Å²) in [7, 11) is 4.21. The largest absolute Gasteiger partial charge is 0.508 e. The average Bonchev–Trinajstić information content (AvgIpc) is 3.05. The number of fused-ring (bicyclic) bond motifs is 1. The molecule has 258 valence electrons. The van der Waals surface area contributed by atoms with E-state index in [0.717, 1.165) is 11.3 Å². The normalized spacial score (nSPS) is 17.0. The lowest BCUT2D eigenvalue weighted by Crippen LogP contribution is -2.58. The van der Waals surface area contributed by atoms with E-state index >= 15 is 4.39 Å². The van der Waals surface area contributed by atoms with Crippen LogP contribution in [0.2, 0.25) is 5.02 Å². The Hall–Kier alpha value is -3.95. The van der Waals surface area contributed by atoms with Crippen molar-refractivity contribution in [3.8, 4) is 28.4 Å². The fraction of sp³-hybridized carbons (Fsp3) is 0.351. The van der Waals surface area contributed by atoms with Crippen molar-refractivity contribution in [1.29, 1.82) is 0 Å². The lowest BCUT2D eigenvalue weighted by Gasteiger charge is -2.43. The number of nitrogens with zero attached hydrogens (tertiary/aromatic N) is 5. The molecule has 2 fully saturated rings. The number of methoxy groups -OCH3 is 2. The van der Waals surface area contributed by atoms with E-state index in [2.05, 4.69) is 9.80 Å². The smallest absolute Gasteiger partial charge is 0.226 e. The van der Waals surface area contributed by atoms with Gasteiger partial charge in [0.05, 0.1) is 19.2 Å². The van der Waals surface area contributed by atoms with Crippen molar-refractivity contribution < 1.29 is 23.5 Å². The number of anilines is 1. The SMILES string of the molecule is C/C=C\C=C/c1cc(O)cc(-c2c(Cl)cc3c(P4(=O)CCN(Cc5ccc(OC)cc5OC)CC4)nc(N4CC(N(C)C)C4)nc3c2F)c1. The van der Waals surface area contributed by atoms with Gasteiger partial charge in [-0.25, -0.2) is 14.4 Å². The van der Waals surface area contributed by atoms with Gasteiger partial charge < -0.3 is 28.9 Å². The number of likely N-dealkylation sites (N-methyl/N-ethyl adjacent to an activating group) is 1. The number of phenolic OH excluding ortho intramolecular Hbond substituents is 1. The van der Waals surface area contributed by atoms with Crippen LogP contribution in [0.5, 0.6) is 17.2 Å². The van der Waals surface area contributed by atoms with Crippen LogP contribution in [0.15, 0.2) is 60.7 Å². The summed E-state index contributed by atoms with van der Waals surface area (Å²) < 4.78 is 42.7. The molecule has 1 aromatic heterocycles. The molecule has 12 heteroatoms. The zero-order chi connectivity index (χ0) is 34.9. The van der Waals surface area contributed by atoms with Gasteiger partial charge in [0.2, 0.25) is 5.95 Å². The summed E-state index contributed by atoms with van der Waals surface area (Å²) in [5.41, 5.74) is 2.68. The van der Waals surface area contributed by atoms with E-state index in [-0.39, 0.29) is 21.9 Å². The van der Waals surface area contributed by atoms with Crippen LogP contribution in [0.1, 0.15) is 18.1 Å². The molecule has 0 bridgehead atoms. The van der Waals surface area contributed by atoms with Crippen LogP contribution < -0.4 is 19.8 Å². The number of aromatic nitrogens is 2. The lowest BCUT2D eigenvalue weighted by molar-refractivity contribution is 0.245. The van der Waals surface area contributed by atoms with Crippen molar-refractivity contribution in [2.45, 2.75) is 19.5 Å². The summed E-state index contributed by atoms with van der Waals surface area (Å²) in [6.45, 7) is 5.03. The molecule has 2 aliphatic heterocycles. The number of allylic oxidation sites excluding steroid dienone is 3. The second-order valence-electron chi connectivity index (χ2n) is 12.8. The van der Waals surface area contributed by atoms with Crippen LogP contribution in [-0.4, -0.2) is 97.7 Å². The first kappa shape index (κ1) is 34.9. The summed E-state index contributed by atoms with van der Waals surface area (Å²) >= 11 is 6.85. The molecule has 0 aliphatic carbocycles. The Morgan fingerprint density at radius 1 is 1.06 bits per heavy atom. The number of hydrogen-bond donors (Lipinski definition) is 1. The van der Waals surface area contributed by atoms with Gasteiger partial charge >= 0.3 is 0 Å². The molecule has 0 amide bonds. The lowest BCUT2D eigenvalue weighted by atomic mass is 10.00. The van der Waals surface area contributed by atoms with Crippen LogP contribution >= 0.6 is 18.7 Å². The van der Waals surface area contributed by atoms with E-state index in [0.29, 0.717) is 84.7 Å². The third-order valence-corrected chi connectivity index (χ3v) is 12.6. The molecule has 9 nitrogen and oxygen atoms in total. The minimum absolute atomic E-state index is 0.0176. The van der Waals surface area contributed by atoms with Gasteiger partial charge in [-0.15, -0.1) is 0 Å². The molecule has 0 unspecified atom stereocenters. The zero-order valence-electron chi connectivity index (χ0n) is 28.5. The quantitative estimate of drug-likeness (QED) is 0.144. The topological polar surface area (TPSA) is 91.3 Å². The van der Waals surface area contributed by atoms with Crippen LogP contribution in [-0.2, 0) is 11.1 Å². The Morgan fingerprint density at radius 2 is 1.82 bits per heavy atom. The molecular weight excluding hydrogens is 664 g/mol. The van der Waals surface area contributed by atoms with Gasteiger partial charge in [0.25, 0.3) is 0 Å². The molecule has 2 saturated heterocycles. The van der Waals surface area contributed by atoms with Crippen LogP contribution in [0.25, 0.3) is 28.1 Å². The summed E-state index contributed by atoms with van der Waals surface area (Å²) in [6.07, 6.45) is 8.18. The van der Waals surface area contributed by atoms with Crippen LogP contribution in [0.3, 0.4) is 0 Å². The van der Waals surface area contributed by atoms with Gasteiger partial charge in [-0.1, -0.05) is 42.0 Å². The van der Waals surface area contributed by atoms with Gasteiger partial charge in [-0.2, -0.15) is 0 Å². The standard InChI is InChI=1S/C37H42ClFN5O4P/c1-6-7-8-9-24-16-26(18-28(45)17-24)33-31(38)20-30-35(34(33)39)40-37(44-22-27(23-44)42(2)3)41-36(30)49(46)14-12-43(13-15-49)21-25-10-11-29(47-4)19-32(25)48-5/h6-11,16-20,27,45H,12-15,21-23H2,1-5H3/b7-6-,9-8-. The van der Waals surface area contributed by atoms with Crippen LogP contribution in [0, 0.1) is 5.82 Å². The minimum atomic E-state index is -3.09. The predicted octanol–water partition coefficient (Wildman–Crippen LogP) is 6.66. The highest BCUT2D eigenvalue weighted by atomic mass is 35.5.